The van der Waals surface area contributed by atoms with Gasteiger partial charge in [-0.3, -0.25) is 9.59 Å². The molecule has 5 heteroatoms. The number of ether oxygens (including phenoxy) is 1. The molecule has 1 heterocycles. The van der Waals surface area contributed by atoms with E-state index >= 15 is 0 Å². The number of hydrogen-bond donors (Lipinski definition) is 0. The minimum absolute atomic E-state index is 0.245. The lowest BCUT2D eigenvalue weighted by Crippen LogP contribution is -1.88. The highest BCUT2D eigenvalue weighted by atomic mass is 35.5. The number of methoxy groups -OCH3 is 1. The molecule has 0 saturated heterocycles. The van der Waals surface area contributed by atoms with Crippen molar-refractivity contribution in [2.75, 3.05) is 7.11 Å². The summed E-state index contributed by atoms with van der Waals surface area (Å²) in [6.07, 6.45) is 0.757. The van der Waals surface area contributed by atoms with Crippen LogP contribution in [0.15, 0.2) is 11.4 Å². The summed E-state index contributed by atoms with van der Waals surface area (Å²) >= 11 is 6.87. The molecule has 72 valence electrons. The molecule has 3 nitrogen and oxygen atoms in total. The number of hydrogen-bond acceptors (Lipinski definition) is 4. The third-order valence-electron chi connectivity index (χ3n) is 1.04. The smallest absolute Gasteiger partial charge is 0.302 e. The van der Waals surface area contributed by atoms with E-state index in [4.69, 9.17) is 11.6 Å². The number of carbonyl (C=O) groups excluding carboxylic acids is 2. The summed E-state index contributed by atoms with van der Waals surface area (Å²) in [7, 11) is 1.35. The number of aldehydes is 1. The van der Waals surface area contributed by atoms with Gasteiger partial charge in [0.2, 0.25) is 0 Å². The molecule has 0 bridgehead atoms. The van der Waals surface area contributed by atoms with Gasteiger partial charge >= 0.3 is 5.97 Å². The topological polar surface area (TPSA) is 43.4 Å². The van der Waals surface area contributed by atoms with Crippen molar-refractivity contribution >= 4 is 35.2 Å². The molecule has 0 aliphatic carbocycles. The van der Waals surface area contributed by atoms with Gasteiger partial charge in [-0.2, -0.15) is 0 Å². The Hall–Kier alpha value is -0.870. The molecule has 0 fully saturated rings. The van der Waals surface area contributed by atoms with Crippen molar-refractivity contribution in [1.82, 2.24) is 0 Å². The van der Waals surface area contributed by atoms with Crippen LogP contribution in [0.5, 0.6) is 0 Å². The van der Waals surface area contributed by atoms with E-state index in [0.717, 1.165) is 6.29 Å². The molecule has 0 aliphatic rings. The van der Waals surface area contributed by atoms with Crippen molar-refractivity contribution in [3.63, 3.8) is 0 Å². The Morgan fingerprint density at radius 1 is 1.69 bits per heavy atom. The lowest BCUT2D eigenvalue weighted by Gasteiger charge is -1.80. The first-order chi connectivity index (χ1) is 6.11. The molecule has 0 spiro atoms. The van der Waals surface area contributed by atoms with Crippen LogP contribution in [0.1, 0.15) is 16.6 Å². The second kappa shape index (κ2) is 6.62. The van der Waals surface area contributed by atoms with Crippen LogP contribution in [-0.4, -0.2) is 19.4 Å². The number of esters is 1. The highest BCUT2D eigenvalue weighted by Crippen LogP contribution is 2.18. The molecule has 0 aromatic carbocycles. The zero-order valence-corrected chi connectivity index (χ0v) is 8.82. The standard InChI is InChI=1S/C5H3ClOS.C3H6O2/c6-4-1-2-8-5(4)3-7;1-3(4)5-2/h1-3H;1-2H3. The molecular weight excluding hydrogens is 212 g/mol. The zero-order valence-electron chi connectivity index (χ0n) is 7.24. The lowest BCUT2D eigenvalue weighted by atomic mass is 10.5. The minimum atomic E-state index is -0.245. The molecule has 0 unspecified atom stereocenters. The number of thiophene rings is 1. The van der Waals surface area contributed by atoms with Gasteiger partial charge in [0.15, 0.2) is 6.29 Å². The van der Waals surface area contributed by atoms with E-state index in [-0.39, 0.29) is 5.97 Å². The first-order valence-electron chi connectivity index (χ1n) is 3.34. The fourth-order valence-electron chi connectivity index (χ4n) is 0.390. The van der Waals surface area contributed by atoms with Gasteiger partial charge in [0.1, 0.15) is 0 Å². The van der Waals surface area contributed by atoms with Crippen LogP contribution < -0.4 is 0 Å². The van der Waals surface area contributed by atoms with Gasteiger partial charge in [0.05, 0.1) is 17.0 Å². The molecule has 1 aromatic rings. The molecule has 0 aliphatic heterocycles. The van der Waals surface area contributed by atoms with E-state index in [1.54, 1.807) is 11.4 Å². The Kier molecular flexibility index (Phi) is 6.18. The molecule has 1 aromatic heterocycles. The second-order valence-electron chi connectivity index (χ2n) is 1.95. The van der Waals surface area contributed by atoms with Crippen LogP contribution in [0.25, 0.3) is 0 Å². The van der Waals surface area contributed by atoms with Gasteiger partial charge in [-0.1, -0.05) is 11.6 Å². The molecule has 0 amide bonds. The maximum absolute atomic E-state index is 10.0. The lowest BCUT2D eigenvalue weighted by molar-refractivity contribution is -0.137. The Morgan fingerprint density at radius 3 is 2.38 bits per heavy atom. The molecule has 1 rings (SSSR count). The summed E-state index contributed by atoms with van der Waals surface area (Å²) in [6.45, 7) is 1.36. The maximum atomic E-state index is 10.0. The third kappa shape index (κ3) is 5.38. The summed E-state index contributed by atoms with van der Waals surface area (Å²) in [5, 5.41) is 2.33. The molecular formula is C8H9ClO3S. The summed E-state index contributed by atoms with van der Waals surface area (Å²) in [5.74, 6) is -0.245. The predicted molar refractivity (Wildman–Crippen MR) is 52.4 cm³/mol. The molecule has 0 radical (unpaired) electrons. The predicted octanol–water partition coefficient (Wildman–Crippen LogP) is 2.39. The van der Waals surface area contributed by atoms with E-state index in [1.165, 1.54) is 25.4 Å². The number of rotatable bonds is 1. The zero-order chi connectivity index (χ0) is 10.3. The Bertz CT molecular complexity index is 283. The SMILES string of the molecule is COC(C)=O.O=Cc1sccc1Cl. The first kappa shape index (κ1) is 12.1. The van der Waals surface area contributed by atoms with Crippen molar-refractivity contribution in [3.8, 4) is 0 Å². The maximum Gasteiger partial charge on any atom is 0.302 e. The molecule has 0 N–H and O–H groups in total. The van der Waals surface area contributed by atoms with Crippen molar-refractivity contribution in [1.29, 1.82) is 0 Å². The average Bonchev–Trinajstić information content (AvgIpc) is 2.52. The quantitative estimate of drug-likeness (QED) is 0.539. The summed E-state index contributed by atoms with van der Waals surface area (Å²) < 4.78 is 4.11. The molecule has 0 atom stereocenters. The van der Waals surface area contributed by atoms with Crippen LogP contribution in [0, 0.1) is 0 Å². The van der Waals surface area contributed by atoms with E-state index in [2.05, 4.69) is 4.74 Å². The fourth-order valence-corrected chi connectivity index (χ4v) is 1.29. The number of halogens is 1. The Balaban J connectivity index is 0.000000252. The van der Waals surface area contributed by atoms with Crippen molar-refractivity contribution in [3.05, 3.63) is 21.3 Å². The number of carbonyl (C=O) groups is 2. The van der Waals surface area contributed by atoms with Crippen molar-refractivity contribution < 1.29 is 14.3 Å². The first-order valence-corrected chi connectivity index (χ1v) is 4.60. The van der Waals surface area contributed by atoms with E-state index in [9.17, 15) is 9.59 Å². The largest absolute Gasteiger partial charge is 0.469 e. The Morgan fingerprint density at radius 2 is 2.23 bits per heavy atom. The summed E-state index contributed by atoms with van der Waals surface area (Å²) in [5.41, 5.74) is 0. The van der Waals surface area contributed by atoms with E-state index in [1.807, 2.05) is 0 Å². The van der Waals surface area contributed by atoms with Crippen LogP contribution in [0.2, 0.25) is 5.02 Å². The van der Waals surface area contributed by atoms with Crippen molar-refractivity contribution in [2.45, 2.75) is 6.92 Å². The highest BCUT2D eigenvalue weighted by Gasteiger charge is 1.95. The van der Waals surface area contributed by atoms with Gasteiger partial charge in [-0.05, 0) is 11.4 Å². The summed E-state index contributed by atoms with van der Waals surface area (Å²) in [6, 6.07) is 1.70. The van der Waals surface area contributed by atoms with Gasteiger partial charge in [0, 0.05) is 6.92 Å². The monoisotopic (exact) mass is 220 g/mol. The van der Waals surface area contributed by atoms with Gasteiger partial charge in [-0.15, -0.1) is 11.3 Å². The average molecular weight is 221 g/mol. The van der Waals surface area contributed by atoms with Crippen LogP contribution in [0.3, 0.4) is 0 Å². The van der Waals surface area contributed by atoms with Crippen molar-refractivity contribution in [2.24, 2.45) is 0 Å². The third-order valence-corrected chi connectivity index (χ3v) is 2.32. The van der Waals surface area contributed by atoms with Crippen LogP contribution in [-0.2, 0) is 9.53 Å². The molecule has 13 heavy (non-hydrogen) atoms. The van der Waals surface area contributed by atoms with Crippen LogP contribution in [0.4, 0.5) is 0 Å². The minimum Gasteiger partial charge on any atom is -0.469 e. The molecule has 0 saturated carbocycles. The summed E-state index contributed by atoms with van der Waals surface area (Å²) in [4.78, 5) is 20.2. The van der Waals surface area contributed by atoms with Gasteiger partial charge < -0.3 is 4.74 Å². The Labute approximate surface area is 85.3 Å². The van der Waals surface area contributed by atoms with Gasteiger partial charge in [-0.25, -0.2) is 0 Å². The fraction of sp³-hybridized carbons (Fsp3) is 0.250. The highest BCUT2D eigenvalue weighted by molar-refractivity contribution is 7.12. The normalized spacial score (nSPS) is 8.23. The second-order valence-corrected chi connectivity index (χ2v) is 3.30. The van der Waals surface area contributed by atoms with E-state index < -0.39 is 0 Å². The van der Waals surface area contributed by atoms with Gasteiger partial charge in [0.25, 0.3) is 0 Å². The van der Waals surface area contributed by atoms with E-state index in [0.29, 0.717) is 9.90 Å². The van der Waals surface area contributed by atoms with Crippen LogP contribution >= 0.6 is 22.9 Å².